The minimum atomic E-state index is -0.420. The zero-order valence-electron chi connectivity index (χ0n) is 8.21. The van der Waals surface area contributed by atoms with Gasteiger partial charge >= 0.3 is 5.76 Å². The molecule has 0 saturated carbocycles. The molecule has 0 amide bonds. The Morgan fingerprint density at radius 1 is 1.33 bits per heavy atom. The van der Waals surface area contributed by atoms with Gasteiger partial charge in [0, 0.05) is 17.0 Å². The van der Waals surface area contributed by atoms with E-state index >= 15 is 0 Å². The standard InChI is InChI=1S/C11H10ClNO2/c1-2-9-10(13-11(14)15-9)7-3-5-8(12)6-4-7/h3-6H,2H2,1H3,(H,13,14). The molecule has 0 aliphatic heterocycles. The lowest BCUT2D eigenvalue weighted by Crippen LogP contribution is -1.94. The summed E-state index contributed by atoms with van der Waals surface area (Å²) >= 11 is 5.78. The Bertz CT molecular complexity index is 510. The first kappa shape index (κ1) is 10.1. The minimum Gasteiger partial charge on any atom is -0.412 e. The maximum absolute atomic E-state index is 11.1. The highest BCUT2D eigenvalue weighted by atomic mass is 35.5. The van der Waals surface area contributed by atoms with Crippen molar-refractivity contribution in [1.82, 2.24) is 4.98 Å². The minimum absolute atomic E-state index is 0.420. The highest BCUT2D eigenvalue weighted by Crippen LogP contribution is 2.22. The predicted octanol–water partition coefficient (Wildman–Crippen LogP) is 2.85. The lowest BCUT2D eigenvalue weighted by atomic mass is 10.1. The maximum Gasteiger partial charge on any atom is 0.416 e. The Balaban J connectivity index is 2.53. The van der Waals surface area contributed by atoms with Crippen LogP contribution < -0.4 is 5.76 Å². The number of halogens is 1. The van der Waals surface area contributed by atoms with Crippen LogP contribution in [0.4, 0.5) is 0 Å². The Kier molecular flexibility index (Phi) is 2.64. The van der Waals surface area contributed by atoms with E-state index in [1.165, 1.54) is 0 Å². The third kappa shape index (κ3) is 1.97. The van der Waals surface area contributed by atoms with E-state index in [9.17, 15) is 4.79 Å². The number of aromatic nitrogens is 1. The fraction of sp³-hybridized carbons (Fsp3) is 0.182. The van der Waals surface area contributed by atoms with E-state index in [0.717, 1.165) is 11.3 Å². The lowest BCUT2D eigenvalue weighted by Gasteiger charge is -1.99. The van der Waals surface area contributed by atoms with Gasteiger partial charge in [-0.15, -0.1) is 0 Å². The molecule has 0 spiro atoms. The molecule has 2 aromatic rings. The van der Waals surface area contributed by atoms with Gasteiger partial charge < -0.3 is 4.42 Å². The van der Waals surface area contributed by atoms with Crippen molar-refractivity contribution in [2.75, 3.05) is 0 Å². The Morgan fingerprint density at radius 2 is 2.00 bits per heavy atom. The fourth-order valence-electron chi connectivity index (χ4n) is 1.46. The number of hydrogen-bond donors (Lipinski definition) is 1. The normalized spacial score (nSPS) is 10.5. The van der Waals surface area contributed by atoms with Crippen molar-refractivity contribution in [3.8, 4) is 11.3 Å². The van der Waals surface area contributed by atoms with Gasteiger partial charge in [0.1, 0.15) is 5.76 Å². The van der Waals surface area contributed by atoms with Gasteiger partial charge in [-0.2, -0.15) is 0 Å². The second-order valence-electron chi connectivity index (χ2n) is 3.17. The van der Waals surface area contributed by atoms with Gasteiger partial charge in [0.15, 0.2) is 0 Å². The molecule has 2 rings (SSSR count). The topological polar surface area (TPSA) is 46.0 Å². The van der Waals surface area contributed by atoms with Crippen LogP contribution in [0.3, 0.4) is 0 Å². The summed E-state index contributed by atoms with van der Waals surface area (Å²) in [6, 6.07) is 7.26. The van der Waals surface area contributed by atoms with Crippen LogP contribution in [0, 0.1) is 0 Å². The van der Waals surface area contributed by atoms with Crippen LogP contribution >= 0.6 is 11.6 Å². The highest BCUT2D eigenvalue weighted by molar-refractivity contribution is 6.30. The van der Waals surface area contributed by atoms with Crippen molar-refractivity contribution in [2.24, 2.45) is 0 Å². The molecule has 1 N–H and O–H groups in total. The highest BCUT2D eigenvalue weighted by Gasteiger charge is 2.09. The number of rotatable bonds is 2. The fourth-order valence-corrected chi connectivity index (χ4v) is 1.58. The summed E-state index contributed by atoms with van der Waals surface area (Å²) in [5.74, 6) is 0.249. The van der Waals surface area contributed by atoms with Crippen molar-refractivity contribution in [2.45, 2.75) is 13.3 Å². The van der Waals surface area contributed by atoms with Crippen LogP contribution in [0.25, 0.3) is 11.3 Å². The SMILES string of the molecule is CCc1oc(=O)[nH]c1-c1ccc(Cl)cc1. The van der Waals surface area contributed by atoms with Gasteiger partial charge in [-0.25, -0.2) is 4.79 Å². The molecular weight excluding hydrogens is 214 g/mol. The third-order valence-electron chi connectivity index (χ3n) is 2.18. The molecule has 0 aliphatic rings. The van der Waals surface area contributed by atoms with Gasteiger partial charge in [0.25, 0.3) is 0 Å². The quantitative estimate of drug-likeness (QED) is 0.851. The summed E-state index contributed by atoms with van der Waals surface area (Å²) in [4.78, 5) is 13.7. The van der Waals surface area contributed by atoms with Gasteiger partial charge in [-0.05, 0) is 12.1 Å². The smallest absolute Gasteiger partial charge is 0.412 e. The first-order valence-electron chi connectivity index (χ1n) is 4.68. The largest absolute Gasteiger partial charge is 0.416 e. The molecule has 1 aromatic heterocycles. The molecule has 0 unspecified atom stereocenters. The molecule has 0 atom stereocenters. The molecule has 78 valence electrons. The third-order valence-corrected chi connectivity index (χ3v) is 2.43. The number of nitrogens with one attached hydrogen (secondary N) is 1. The molecule has 4 heteroatoms. The van der Waals surface area contributed by atoms with Crippen molar-refractivity contribution >= 4 is 11.6 Å². The average molecular weight is 224 g/mol. The van der Waals surface area contributed by atoms with Crippen molar-refractivity contribution in [3.05, 3.63) is 45.6 Å². The molecule has 0 aliphatic carbocycles. The molecular formula is C11H10ClNO2. The van der Waals surface area contributed by atoms with Crippen molar-refractivity contribution < 1.29 is 4.42 Å². The number of benzene rings is 1. The zero-order chi connectivity index (χ0) is 10.8. The number of aryl methyl sites for hydroxylation is 1. The van der Waals surface area contributed by atoms with Gasteiger partial charge in [0.2, 0.25) is 0 Å². The molecule has 3 nitrogen and oxygen atoms in total. The monoisotopic (exact) mass is 223 g/mol. The lowest BCUT2D eigenvalue weighted by molar-refractivity contribution is 0.474. The summed E-state index contributed by atoms with van der Waals surface area (Å²) in [7, 11) is 0. The summed E-state index contributed by atoms with van der Waals surface area (Å²) in [6.07, 6.45) is 0.677. The number of aromatic amines is 1. The average Bonchev–Trinajstić information content (AvgIpc) is 2.61. The molecule has 0 saturated heterocycles. The molecule has 0 radical (unpaired) electrons. The van der Waals surface area contributed by atoms with E-state index in [-0.39, 0.29) is 0 Å². The van der Waals surface area contributed by atoms with E-state index in [0.29, 0.717) is 17.2 Å². The molecule has 0 fully saturated rings. The van der Waals surface area contributed by atoms with E-state index < -0.39 is 5.76 Å². The number of oxazole rings is 1. The Hall–Kier alpha value is -1.48. The second-order valence-corrected chi connectivity index (χ2v) is 3.61. The zero-order valence-corrected chi connectivity index (χ0v) is 8.97. The molecule has 15 heavy (non-hydrogen) atoms. The first-order valence-corrected chi connectivity index (χ1v) is 5.06. The van der Waals surface area contributed by atoms with Gasteiger partial charge in [-0.3, -0.25) is 4.98 Å². The van der Waals surface area contributed by atoms with E-state index in [4.69, 9.17) is 16.0 Å². The van der Waals surface area contributed by atoms with Crippen molar-refractivity contribution in [3.63, 3.8) is 0 Å². The van der Waals surface area contributed by atoms with Gasteiger partial charge in [-0.1, -0.05) is 30.7 Å². The van der Waals surface area contributed by atoms with E-state index in [1.807, 2.05) is 19.1 Å². The van der Waals surface area contributed by atoms with E-state index in [2.05, 4.69) is 4.98 Å². The number of hydrogen-bond acceptors (Lipinski definition) is 2. The molecule has 0 bridgehead atoms. The Labute approximate surface area is 91.7 Å². The maximum atomic E-state index is 11.1. The van der Waals surface area contributed by atoms with Crippen LogP contribution in [0.2, 0.25) is 5.02 Å². The van der Waals surface area contributed by atoms with Crippen LogP contribution in [0.5, 0.6) is 0 Å². The molecule has 1 aromatic carbocycles. The first-order chi connectivity index (χ1) is 7.20. The summed E-state index contributed by atoms with van der Waals surface area (Å²) in [5, 5.41) is 0.669. The molecule has 1 heterocycles. The summed E-state index contributed by atoms with van der Waals surface area (Å²) in [6.45, 7) is 1.94. The Morgan fingerprint density at radius 3 is 2.60 bits per heavy atom. The second kappa shape index (κ2) is 3.95. The van der Waals surface area contributed by atoms with Crippen LogP contribution in [-0.2, 0) is 6.42 Å². The van der Waals surface area contributed by atoms with Gasteiger partial charge in [0.05, 0.1) is 5.69 Å². The predicted molar refractivity (Wildman–Crippen MR) is 59.2 cm³/mol. The van der Waals surface area contributed by atoms with Crippen LogP contribution in [0.1, 0.15) is 12.7 Å². The summed E-state index contributed by atoms with van der Waals surface area (Å²) < 4.78 is 5.00. The van der Waals surface area contributed by atoms with E-state index in [1.54, 1.807) is 12.1 Å². The van der Waals surface area contributed by atoms with Crippen molar-refractivity contribution in [1.29, 1.82) is 0 Å². The van der Waals surface area contributed by atoms with Crippen LogP contribution in [0.15, 0.2) is 33.5 Å². The summed E-state index contributed by atoms with van der Waals surface area (Å²) in [5.41, 5.74) is 1.64. The van der Waals surface area contributed by atoms with Crippen LogP contribution in [-0.4, -0.2) is 4.98 Å². The number of H-pyrrole nitrogens is 1.